The van der Waals surface area contributed by atoms with Gasteiger partial charge in [-0.3, -0.25) is 9.69 Å². The van der Waals surface area contributed by atoms with Gasteiger partial charge < -0.3 is 9.64 Å². The first-order valence-corrected chi connectivity index (χ1v) is 9.68. The van der Waals surface area contributed by atoms with Crippen molar-refractivity contribution in [3.05, 3.63) is 54.6 Å². The standard InChI is InChI=1S/C22H24N4O2/c1-3-19(28-16-10-5-4-6-11-16)22(27)26-15-9-14-25(2)20-21(26)24-18-13-8-7-12-17(18)23-20/h4-8,10-13,19H,3,9,14-15H2,1-2H3. The summed E-state index contributed by atoms with van der Waals surface area (Å²) in [6.07, 6.45) is 0.862. The Morgan fingerprint density at radius 3 is 2.32 bits per heavy atom. The van der Waals surface area contributed by atoms with Crippen LogP contribution in [0.4, 0.5) is 11.6 Å². The second-order valence-electron chi connectivity index (χ2n) is 6.95. The first-order valence-electron chi connectivity index (χ1n) is 9.68. The van der Waals surface area contributed by atoms with Crippen LogP contribution in [-0.2, 0) is 4.79 Å². The lowest BCUT2D eigenvalue weighted by molar-refractivity contribution is -0.125. The normalized spacial score (nSPS) is 15.1. The molecule has 0 radical (unpaired) electrons. The monoisotopic (exact) mass is 376 g/mol. The van der Waals surface area contributed by atoms with E-state index >= 15 is 0 Å². The van der Waals surface area contributed by atoms with Crippen molar-refractivity contribution in [2.24, 2.45) is 0 Å². The van der Waals surface area contributed by atoms with Gasteiger partial charge in [0.25, 0.3) is 5.91 Å². The second kappa shape index (κ2) is 7.84. The van der Waals surface area contributed by atoms with Crippen LogP contribution in [0.15, 0.2) is 54.6 Å². The highest BCUT2D eigenvalue weighted by atomic mass is 16.5. The van der Waals surface area contributed by atoms with Crippen LogP contribution < -0.4 is 14.5 Å². The molecule has 2 heterocycles. The molecule has 0 N–H and O–H groups in total. The van der Waals surface area contributed by atoms with E-state index in [0.29, 0.717) is 24.5 Å². The van der Waals surface area contributed by atoms with Crippen molar-refractivity contribution >= 4 is 28.6 Å². The molecule has 3 aromatic rings. The van der Waals surface area contributed by atoms with Gasteiger partial charge in [-0.15, -0.1) is 0 Å². The third-order valence-corrected chi connectivity index (χ3v) is 4.96. The highest BCUT2D eigenvalue weighted by molar-refractivity contribution is 5.99. The molecule has 0 spiro atoms. The number of nitrogens with zero attached hydrogens (tertiary/aromatic N) is 4. The maximum absolute atomic E-state index is 13.4. The summed E-state index contributed by atoms with van der Waals surface area (Å²) >= 11 is 0. The van der Waals surface area contributed by atoms with Crippen LogP contribution >= 0.6 is 0 Å². The van der Waals surface area contributed by atoms with Gasteiger partial charge in [-0.05, 0) is 37.1 Å². The Labute approximate surface area is 164 Å². The predicted octanol–water partition coefficient (Wildman–Crippen LogP) is 3.66. The molecule has 0 saturated carbocycles. The molecule has 0 aliphatic carbocycles. The van der Waals surface area contributed by atoms with Crippen molar-refractivity contribution in [2.45, 2.75) is 25.9 Å². The van der Waals surface area contributed by atoms with Gasteiger partial charge in [0.15, 0.2) is 17.7 Å². The van der Waals surface area contributed by atoms with Crippen LogP contribution in [0, 0.1) is 0 Å². The van der Waals surface area contributed by atoms with Gasteiger partial charge >= 0.3 is 0 Å². The van der Waals surface area contributed by atoms with Crippen molar-refractivity contribution in [1.82, 2.24) is 9.97 Å². The molecule has 144 valence electrons. The molecule has 6 heteroatoms. The Bertz CT molecular complexity index is 977. The fraction of sp³-hybridized carbons (Fsp3) is 0.318. The van der Waals surface area contributed by atoms with E-state index < -0.39 is 6.10 Å². The highest BCUT2D eigenvalue weighted by Crippen LogP contribution is 2.31. The number of fused-ring (bicyclic) bond motifs is 2. The summed E-state index contributed by atoms with van der Waals surface area (Å²) in [6.45, 7) is 3.38. The van der Waals surface area contributed by atoms with Crippen LogP contribution in [0.3, 0.4) is 0 Å². The average Bonchev–Trinajstić information content (AvgIpc) is 2.89. The molecule has 1 aliphatic heterocycles. The molecule has 28 heavy (non-hydrogen) atoms. The SMILES string of the molecule is CCC(Oc1ccccc1)C(=O)N1CCCN(C)c2nc3ccccc3nc21. The summed E-state index contributed by atoms with van der Waals surface area (Å²) in [5.74, 6) is 1.96. The number of aromatic nitrogens is 2. The van der Waals surface area contributed by atoms with Crippen molar-refractivity contribution in [3.8, 4) is 5.75 Å². The maximum Gasteiger partial charge on any atom is 0.269 e. The molecule has 2 aromatic carbocycles. The molecule has 0 saturated heterocycles. The van der Waals surface area contributed by atoms with Crippen LogP contribution in [-0.4, -0.2) is 42.1 Å². The smallest absolute Gasteiger partial charge is 0.269 e. The largest absolute Gasteiger partial charge is 0.481 e. The average molecular weight is 376 g/mol. The van der Waals surface area contributed by atoms with Gasteiger partial charge in [-0.25, -0.2) is 9.97 Å². The van der Waals surface area contributed by atoms with Crippen LogP contribution in [0.5, 0.6) is 5.75 Å². The zero-order valence-corrected chi connectivity index (χ0v) is 16.2. The lowest BCUT2D eigenvalue weighted by Gasteiger charge is -2.26. The Morgan fingerprint density at radius 1 is 1.00 bits per heavy atom. The molecule has 0 fully saturated rings. The number of hydrogen-bond donors (Lipinski definition) is 0. The lowest BCUT2D eigenvalue weighted by Crippen LogP contribution is -2.42. The van der Waals surface area contributed by atoms with Gasteiger partial charge in [-0.1, -0.05) is 37.3 Å². The van der Waals surface area contributed by atoms with Gasteiger partial charge in [0.2, 0.25) is 0 Å². The number of amides is 1. The summed E-state index contributed by atoms with van der Waals surface area (Å²) in [7, 11) is 1.99. The van der Waals surface area contributed by atoms with Crippen LogP contribution in [0.1, 0.15) is 19.8 Å². The predicted molar refractivity (Wildman–Crippen MR) is 111 cm³/mol. The molecule has 6 nitrogen and oxygen atoms in total. The van der Waals surface area contributed by atoms with Crippen LogP contribution in [0.25, 0.3) is 11.0 Å². The van der Waals surface area contributed by atoms with E-state index in [9.17, 15) is 4.79 Å². The van der Waals surface area contributed by atoms with Crippen LogP contribution in [0.2, 0.25) is 0 Å². The maximum atomic E-state index is 13.4. The molecular weight excluding hydrogens is 352 g/mol. The summed E-state index contributed by atoms with van der Waals surface area (Å²) < 4.78 is 6.00. The number of rotatable bonds is 4. The van der Waals surface area contributed by atoms with E-state index in [1.807, 2.05) is 68.6 Å². The molecular formula is C22H24N4O2. The van der Waals surface area contributed by atoms with Gasteiger partial charge in [-0.2, -0.15) is 0 Å². The zero-order valence-electron chi connectivity index (χ0n) is 16.2. The first kappa shape index (κ1) is 18.2. The minimum absolute atomic E-state index is 0.0764. The quantitative estimate of drug-likeness (QED) is 0.695. The van der Waals surface area contributed by atoms with E-state index in [1.165, 1.54) is 0 Å². The van der Waals surface area contributed by atoms with E-state index in [-0.39, 0.29) is 5.91 Å². The summed E-state index contributed by atoms with van der Waals surface area (Å²) in [5, 5.41) is 0. The van der Waals surface area contributed by atoms with Crippen molar-refractivity contribution in [2.75, 3.05) is 29.9 Å². The number of para-hydroxylation sites is 3. The molecule has 1 aromatic heterocycles. The fourth-order valence-electron chi connectivity index (χ4n) is 3.46. The lowest BCUT2D eigenvalue weighted by atomic mass is 10.2. The Kier molecular flexibility index (Phi) is 5.10. The minimum atomic E-state index is -0.563. The summed E-state index contributed by atoms with van der Waals surface area (Å²) in [5.41, 5.74) is 1.61. The molecule has 1 atom stereocenters. The number of benzene rings is 2. The van der Waals surface area contributed by atoms with Gasteiger partial charge in [0.1, 0.15) is 5.75 Å². The molecule has 0 bridgehead atoms. The van der Waals surface area contributed by atoms with Crippen molar-refractivity contribution < 1.29 is 9.53 Å². The Balaban J connectivity index is 1.71. The number of carbonyl (C=O) groups is 1. The zero-order chi connectivity index (χ0) is 19.5. The van der Waals surface area contributed by atoms with Crippen molar-refractivity contribution in [3.63, 3.8) is 0 Å². The Hall–Kier alpha value is -3.15. The highest BCUT2D eigenvalue weighted by Gasteiger charge is 2.31. The Morgan fingerprint density at radius 2 is 1.64 bits per heavy atom. The topological polar surface area (TPSA) is 58.6 Å². The van der Waals surface area contributed by atoms with E-state index in [4.69, 9.17) is 14.7 Å². The third kappa shape index (κ3) is 3.50. The van der Waals surface area contributed by atoms with E-state index in [2.05, 4.69) is 4.90 Å². The number of hydrogen-bond acceptors (Lipinski definition) is 5. The van der Waals surface area contributed by atoms with E-state index in [1.54, 1.807) is 4.90 Å². The molecule has 1 aliphatic rings. The number of carbonyl (C=O) groups excluding carboxylic acids is 1. The number of anilines is 2. The van der Waals surface area contributed by atoms with Crippen molar-refractivity contribution in [1.29, 1.82) is 0 Å². The summed E-state index contributed by atoms with van der Waals surface area (Å²) in [6, 6.07) is 17.2. The molecule has 4 rings (SSSR count). The molecule has 1 unspecified atom stereocenters. The second-order valence-corrected chi connectivity index (χ2v) is 6.95. The van der Waals surface area contributed by atoms with Gasteiger partial charge in [0.05, 0.1) is 11.0 Å². The fourth-order valence-corrected chi connectivity index (χ4v) is 3.46. The number of ether oxygens (including phenoxy) is 1. The first-order chi connectivity index (χ1) is 13.7. The third-order valence-electron chi connectivity index (χ3n) is 4.96. The molecule has 1 amide bonds. The summed E-state index contributed by atoms with van der Waals surface area (Å²) in [4.78, 5) is 26.8. The van der Waals surface area contributed by atoms with E-state index in [0.717, 1.165) is 29.8 Å². The van der Waals surface area contributed by atoms with Gasteiger partial charge in [0, 0.05) is 20.1 Å². The minimum Gasteiger partial charge on any atom is -0.481 e.